The molecule has 0 unspecified atom stereocenters. The minimum atomic E-state index is -3.39. The molecule has 1 fully saturated rings. The maximum absolute atomic E-state index is 12.8. The Kier molecular flexibility index (Phi) is 9.21. The Morgan fingerprint density at radius 1 is 1.20 bits per heavy atom. The van der Waals surface area contributed by atoms with Crippen LogP contribution in [0.2, 0.25) is 0 Å². The molecule has 0 saturated carbocycles. The van der Waals surface area contributed by atoms with Crippen molar-refractivity contribution < 1.29 is 13.2 Å². The van der Waals surface area contributed by atoms with E-state index in [4.69, 9.17) is 4.74 Å². The molecule has 5 nitrogen and oxygen atoms in total. The van der Waals surface area contributed by atoms with Gasteiger partial charge in [0.1, 0.15) is 5.75 Å². The predicted octanol–water partition coefficient (Wildman–Crippen LogP) is 3.15. The number of ether oxygens (including phenoxy) is 1. The van der Waals surface area contributed by atoms with Crippen molar-refractivity contribution in [3.05, 3.63) is 24.3 Å². The van der Waals surface area contributed by atoms with Gasteiger partial charge in [0.2, 0.25) is 10.0 Å². The summed E-state index contributed by atoms with van der Waals surface area (Å²) in [6.45, 7) is 7.02. The highest BCUT2D eigenvalue weighted by Crippen LogP contribution is 2.26. The molecular weight excluding hydrogens is 360 g/mol. The van der Waals surface area contributed by atoms with Crippen LogP contribution >= 0.6 is 12.4 Å². The van der Waals surface area contributed by atoms with Gasteiger partial charge >= 0.3 is 0 Å². The van der Waals surface area contributed by atoms with Crippen LogP contribution in [0, 0.1) is 11.8 Å². The van der Waals surface area contributed by atoms with Gasteiger partial charge in [-0.05, 0) is 69.0 Å². The summed E-state index contributed by atoms with van der Waals surface area (Å²) in [7, 11) is -1.44. The van der Waals surface area contributed by atoms with Gasteiger partial charge in [-0.3, -0.25) is 0 Å². The molecule has 0 atom stereocenters. The van der Waals surface area contributed by atoms with Crippen molar-refractivity contribution in [1.29, 1.82) is 0 Å². The van der Waals surface area contributed by atoms with Gasteiger partial charge in [-0.1, -0.05) is 13.8 Å². The van der Waals surface area contributed by atoms with Gasteiger partial charge < -0.3 is 10.1 Å². The van der Waals surface area contributed by atoms with Gasteiger partial charge in [0, 0.05) is 13.1 Å². The standard InChI is InChI=1S/C18H30N2O3S.ClH/c1-15(2)14-23-17-4-6-18(7-5-17)24(21,22)20-12-9-16(10-13-20)8-11-19-3;/h4-7,15-16,19H,8-14H2,1-3H3;1H. The van der Waals surface area contributed by atoms with E-state index in [1.165, 1.54) is 0 Å². The van der Waals surface area contributed by atoms with Gasteiger partial charge in [-0.15, -0.1) is 12.4 Å². The molecule has 1 aliphatic heterocycles. The maximum atomic E-state index is 12.8. The van der Waals surface area contributed by atoms with Crippen molar-refractivity contribution in [2.45, 2.75) is 38.0 Å². The van der Waals surface area contributed by atoms with Crippen molar-refractivity contribution >= 4 is 22.4 Å². The van der Waals surface area contributed by atoms with Crippen molar-refractivity contribution in [2.75, 3.05) is 33.3 Å². The Bertz CT molecular complexity index is 597. The number of hydrogen-bond donors (Lipinski definition) is 1. The highest BCUT2D eigenvalue weighted by Gasteiger charge is 2.29. The van der Waals surface area contributed by atoms with Crippen LogP contribution in [-0.4, -0.2) is 46.0 Å². The first-order valence-corrected chi connectivity index (χ1v) is 10.2. The summed E-state index contributed by atoms with van der Waals surface area (Å²) in [5, 5.41) is 3.16. The molecule has 2 rings (SSSR count). The van der Waals surface area contributed by atoms with Crippen LogP contribution < -0.4 is 10.1 Å². The Labute approximate surface area is 158 Å². The molecule has 7 heteroatoms. The summed E-state index contributed by atoms with van der Waals surface area (Å²) < 4.78 is 32.8. The molecule has 1 aromatic rings. The minimum Gasteiger partial charge on any atom is -0.493 e. The number of nitrogens with one attached hydrogen (secondary N) is 1. The molecule has 0 amide bonds. The molecule has 144 valence electrons. The van der Waals surface area contributed by atoms with Crippen molar-refractivity contribution in [3.8, 4) is 5.75 Å². The lowest BCUT2D eigenvalue weighted by Gasteiger charge is -2.31. The first-order chi connectivity index (χ1) is 11.4. The first kappa shape index (κ1) is 22.2. The first-order valence-electron chi connectivity index (χ1n) is 8.81. The number of nitrogens with zero attached hydrogens (tertiary/aromatic N) is 1. The van der Waals surface area contributed by atoms with Gasteiger partial charge in [0.25, 0.3) is 0 Å². The lowest BCUT2D eigenvalue weighted by Crippen LogP contribution is -2.38. The number of rotatable bonds is 8. The second-order valence-corrected chi connectivity index (χ2v) is 8.85. The van der Waals surface area contributed by atoms with E-state index in [0.29, 0.717) is 42.2 Å². The minimum absolute atomic E-state index is 0. The van der Waals surface area contributed by atoms with E-state index < -0.39 is 10.0 Å². The van der Waals surface area contributed by atoms with Gasteiger partial charge in [0.15, 0.2) is 0 Å². The number of hydrogen-bond acceptors (Lipinski definition) is 4. The fourth-order valence-corrected chi connectivity index (χ4v) is 4.38. The zero-order valence-corrected chi connectivity index (χ0v) is 17.0. The largest absolute Gasteiger partial charge is 0.493 e. The monoisotopic (exact) mass is 390 g/mol. The summed E-state index contributed by atoms with van der Waals surface area (Å²) >= 11 is 0. The number of sulfonamides is 1. The van der Waals surface area contributed by atoms with Crippen LogP contribution in [0.4, 0.5) is 0 Å². The molecule has 1 heterocycles. The topological polar surface area (TPSA) is 58.6 Å². The average molecular weight is 391 g/mol. The third-order valence-electron chi connectivity index (χ3n) is 4.42. The smallest absolute Gasteiger partial charge is 0.243 e. The third-order valence-corrected chi connectivity index (χ3v) is 6.33. The molecule has 1 saturated heterocycles. The molecule has 1 aliphatic rings. The normalized spacial score (nSPS) is 16.6. The van der Waals surface area contributed by atoms with E-state index in [1.54, 1.807) is 28.6 Å². The lowest BCUT2D eigenvalue weighted by molar-refractivity contribution is 0.263. The molecule has 1 N–H and O–H groups in total. The van der Waals surface area contributed by atoms with Crippen LogP contribution in [0.15, 0.2) is 29.2 Å². The molecular formula is C18H31ClN2O3S. The van der Waals surface area contributed by atoms with Crippen LogP contribution in [0.25, 0.3) is 0 Å². The Balaban J connectivity index is 0.00000312. The van der Waals surface area contributed by atoms with Gasteiger partial charge in [-0.25, -0.2) is 8.42 Å². The molecule has 0 spiro atoms. The fourth-order valence-electron chi connectivity index (χ4n) is 2.91. The third kappa shape index (κ3) is 6.44. The molecule has 0 aromatic heterocycles. The Hall–Kier alpha value is -0.820. The van der Waals surface area contributed by atoms with E-state index in [2.05, 4.69) is 19.2 Å². The average Bonchev–Trinajstić information content (AvgIpc) is 2.59. The summed E-state index contributed by atoms with van der Waals surface area (Å²) in [6.07, 6.45) is 3.00. The quantitative estimate of drug-likeness (QED) is 0.740. The van der Waals surface area contributed by atoms with Crippen molar-refractivity contribution in [3.63, 3.8) is 0 Å². The highest BCUT2D eigenvalue weighted by atomic mass is 35.5. The maximum Gasteiger partial charge on any atom is 0.243 e. The molecule has 0 bridgehead atoms. The van der Waals surface area contributed by atoms with Crippen LogP contribution in [0.3, 0.4) is 0 Å². The van der Waals surface area contributed by atoms with Crippen molar-refractivity contribution in [2.24, 2.45) is 11.8 Å². The van der Waals surface area contributed by atoms with E-state index in [9.17, 15) is 8.42 Å². The van der Waals surface area contributed by atoms with E-state index in [-0.39, 0.29) is 12.4 Å². The lowest BCUT2D eigenvalue weighted by atomic mass is 9.95. The fraction of sp³-hybridized carbons (Fsp3) is 0.667. The number of halogens is 1. The number of benzene rings is 1. The molecule has 25 heavy (non-hydrogen) atoms. The summed E-state index contributed by atoms with van der Waals surface area (Å²) in [4.78, 5) is 0.355. The molecule has 0 aliphatic carbocycles. The second kappa shape index (κ2) is 10.4. The Morgan fingerprint density at radius 2 is 1.80 bits per heavy atom. The van der Waals surface area contributed by atoms with Gasteiger partial charge in [-0.2, -0.15) is 4.31 Å². The summed E-state index contributed by atoms with van der Waals surface area (Å²) in [6, 6.07) is 6.79. The highest BCUT2D eigenvalue weighted by molar-refractivity contribution is 7.89. The van der Waals surface area contributed by atoms with E-state index >= 15 is 0 Å². The molecule has 1 aromatic carbocycles. The summed E-state index contributed by atoms with van der Waals surface area (Å²) in [5.74, 6) is 1.78. The van der Waals surface area contributed by atoms with Crippen molar-refractivity contribution in [1.82, 2.24) is 9.62 Å². The van der Waals surface area contributed by atoms with Crippen LogP contribution in [0.1, 0.15) is 33.1 Å². The zero-order valence-electron chi connectivity index (χ0n) is 15.4. The second-order valence-electron chi connectivity index (χ2n) is 6.92. The SMILES string of the molecule is CNCCC1CCN(S(=O)(=O)c2ccc(OCC(C)C)cc2)CC1.Cl. The van der Waals surface area contributed by atoms with Crippen LogP contribution in [-0.2, 0) is 10.0 Å². The molecule has 0 radical (unpaired) electrons. The number of piperidine rings is 1. The van der Waals surface area contributed by atoms with E-state index in [1.807, 2.05) is 7.05 Å². The Morgan fingerprint density at radius 3 is 2.32 bits per heavy atom. The van der Waals surface area contributed by atoms with E-state index in [0.717, 1.165) is 25.8 Å². The zero-order chi connectivity index (χ0) is 17.6. The van der Waals surface area contributed by atoms with Crippen LogP contribution in [0.5, 0.6) is 5.75 Å². The summed E-state index contributed by atoms with van der Waals surface area (Å²) in [5.41, 5.74) is 0. The predicted molar refractivity (Wildman–Crippen MR) is 104 cm³/mol. The van der Waals surface area contributed by atoms with Gasteiger partial charge in [0.05, 0.1) is 11.5 Å².